The summed E-state index contributed by atoms with van der Waals surface area (Å²) in [6.45, 7) is 4.62. The van der Waals surface area contributed by atoms with Crippen LogP contribution in [0.5, 0.6) is 0 Å². The molecule has 0 radical (unpaired) electrons. The van der Waals surface area contributed by atoms with Crippen LogP contribution in [0, 0.1) is 0 Å². The Labute approximate surface area is 363 Å². The molecule has 0 spiro atoms. The van der Waals surface area contributed by atoms with Crippen LogP contribution in [0.2, 0.25) is 0 Å². The Bertz CT molecular complexity index is 3730. The molecule has 12 rings (SSSR count). The molecule has 5 heteroatoms. The van der Waals surface area contributed by atoms with Crippen molar-refractivity contribution in [3.05, 3.63) is 223 Å². The highest BCUT2D eigenvalue weighted by Gasteiger charge is 2.25. The first kappa shape index (κ1) is 36.6. The van der Waals surface area contributed by atoms with E-state index >= 15 is 0 Å². The number of nitrogens with zero attached hydrogens (tertiary/aromatic N) is 3. The Hall–Kier alpha value is -8.28. The van der Waals surface area contributed by atoms with E-state index in [-0.39, 0.29) is 0 Å². The van der Waals surface area contributed by atoms with Gasteiger partial charge in [0.25, 0.3) is 0 Å². The lowest BCUT2D eigenvalue weighted by molar-refractivity contribution is 0.658. The third kappa shape index (κ3) is 6.24. The largest absolute Gasteiger partial charge is 0.456 e. The van der Waals surface area contributed by atoms with Gasteiger partial charge in [0.15, 0.2) is 5.84 Å². The Kier molecular flexibility index (Phi) is 8.71. The van der Waals surface area contributed by atoms with E-state index in [0.717, 1.165) is 123 Å². The van der Waals surface area contributed by atoms with Crippen LogP contribution >= 0.6 is 0 Å². The number of rotatable bonds is 7. The van der Waals surface area contributed by atoms with E-state index in [1.165, 1.54) is 0 Å². The first-order valence-corrected chi connectivity index (χ1v) is 21.4. The van der Waals surface area contributed by atoms with E-state index in [0.29, 0.717) is 11.5 Å². The average Bonchev–Trinajstić information content (AvgIpc) is 4.01. The fraction of sp³-hybridized carbons (Fsp3) is 0.0345. The maximum atomic E-state index is 6.93. The molecule has 1 aliphatic carbocycles. The van der Waals surface area contributed by atoms with Crippen LogP contribution in [-0.4, -0.2) is 16.6 Å². The van der Waals surface area contributed by atoms with Gasteiger partial charge in [0.2, 0.25) is 0 Å². The van der Waals surface area contributed by atoms with E-state index in [2.05, 4.69) is 126 Å². The summed E-state index contributed by atoms with van der Waals surface area (Å²) in [5, 5.41) is 6.51. The number of aliphatic imine (C=N–C) groups is 2. The van der Waals surface area contributed by atoms with E-state index in [4.69, 9.17) is 18.8 Å². The fourth-order valence-corrected chi connectivity index (χ4v) is 9.28. The molecule has 0 saturated heterocycles. The van der Waals surface area contributed by atoms with Crippen LogP contribution in [0.1, 0.15) is 35.1 Å². The number of allylic oxidation sites excluding steroid dienone is 4. The van der Waals surface area contributed by atoms with Gasteiger partial charge < -0.3 is 13.4 Å². The van der Waals surface area contributed by atoms with Crippen molar-refractivity contribution in [2.45, 2.75) is 12.8 Å². The lowest BCUT2D eigenvalue weighted by Gasteiger charge is -2.22. The maximum Gasteiger partial charge on any atom is 0.159 e. The van der Waals surface area contributed by atoms with Gasteiger partial charge in [0, 0.05) is 61.5 Å². The average molecular weight is 810 g/mol. The molecule has 63 heavy (non-hydrogen) atoms. The number of amidine groups is 1. The molecule has 5 nitrogen and oxygen atoms in total. The summed E-state index contributed by atoms with van der Waals surface area (Å²) in [6.07, 6.45) is 10.7. The summed E-state index contributed by atoms with van der Waals surface area (Å²) in [4.78, 5) is 10.1. The van der Waals surface area contributed by atoms with Crippen molar-refractivity contribution < 1.29 is 8.83 Å². The predicted octanol–water partition coefficient (Wildman–Crippen LogP) is 15.5. The zero-order valence-corrected chi connectivity index (χ0v) is 34.3. The van der Waals surface area contributed by atoms with Gasteiger partial charge in [-0.3, -0.25) is 0 Å². The molecule has 3 heterocycles. The molecule has 11 aromatic rings. The van der Waals surface area contributed by atoms with E-state index < -0.39 is 0 Å². The highest BCUT2D eigenvalue weighted by molar-refractivity contribution is 6.25. The van der Waals surface area contributed by atoms with Crippen molar-refractivity contribution in [1.82, 2.24) is 4.57 Å². The van der Waals surface area contributed by atoms with E-state index in [9.17, 15) is 0 Å². The highest BCUT2D eigenvalue weighted by Crippen LogP contribution is 2.46. The highest BCUT2D eigenvalue weighted by atomic mass is 16.3. The van der Waals surface area contributed by atoms with E-state index in [1.807, 2.05) is 85.1 Å². The molecule has 3 aromatic heterocycles. The van der Waals surface area contributed by atoms with Crippen LogP contribution < -0.4 is 0 Å². The number of furan rings is 2. The molecule has 0 bridgehead atoms. The predicted molar refractivity (Wildman–Crippen MR) is 263 cm³/mol. The smallest absolute Gasteiger partial charge is 0.159 e. The fourth-order valence-electron chi connectivity index (χ4n) is 9.28. The molecule has 0 amide bonds. The van der Waals surface area contributed by atoms with Crippen molar-refractivity contribution in [2.24, 2.45) is 9.98 Å². The lowest BCUT2D eigenvalue weighted by Crippen LogP contribution is -2.05. The zero-order chi connectivity index (χ0) is 41.9. The molecule has 8 aromatic carbocycles. The number of benzene rings is 8. The Morgan fingerprint density at radius 2 is 1.25 bits per heavy atom. The first-order chi connectivity index (χ1) is 31.2. The summed E-state index contributed by atoms with van der Waals surface area (Å²) in [5.74, 6) is 0.589. The van der Waals surface area contributed by atoms with Gasteiger partial charge in [-0.15, -0.1) is 0 Å². The van der Waals surface area contributed by atoms with Gasteiger partial charge in [0.05, 0.1) is 27.8 Å². The standard InChI is InChI=1S/C58H39N3O2/c1-37(60-58(41-24-12-5-13-25-41)59-36-38-18-6-2-7-19-38)42-32-46(39-20-8-3-9-21-39)56(47(33-42)40-22-10-4-11-23-40)61-50-28-16-14-27-45(50)55-51(61)31-30-44-49-34-48-43-26-15-17-29-52(43)62-53(48)35-54(49)63-57(44)55/h2-3,5-10,12-36H,1,4,11H2. The molecule has 0 N–H and O–H groups in total. The molecular formula is C58H39N3O2. The second-order valence-electron chi connectivity index (χ2n) is 16.1. The van der Waals surface area contributed by atoms with Crippen LogP contribution in [0.15, 0.2) is 220 Å². The summed E-state index contributed by atoms with van der Waals surface area (Å²) < 4.78 is 15.7. The Morgan fingerprint density at radius 1 is 0.556 bits per heavy atom. The van der Waals surface area contributed by atoms with Crippen LogP contribution in [0.4, 0.5) is 0 Å². The molecule has 0 atom stereocenters. The van der Waals surface area contributed by atoms with Gasteiger partial charge in [-0.25, -0.2) is 9.98 Å². The summed E-state index contributed by atoms with van der Waals surface area (Å²) in [6, 6.07) is 61.0. The van der Waals surface area contributed by atoms with Gasteiger partial charge in [-0.2, -0.15) is 0 Å². The minimum Gasteiger partial charge on any atom is -0.456 e. The Balaban J connectivity index is 1.12. The molecule has 298 valence electrons. The monoisotopic (exact) mass is 809 g/mol. The molecule has 1 aliphatic rings. The van der Waals surface area contributed by atoms with Gasteiger partial charge in [-0.05, 0) is 72.0 Å². The van der Waals surface area contributed by atoms with Crippen molar-refractivity contribution in [3.63, 3.8) is 0 Å². The van der Waals surface area contributed by atoms with Crippen LogP contribution in [0.3, 0.4) is 0 Å². The van der Waals surface area contributed by atoms with Gasteiger partial charge in [-0.1, -0.05) is 152 Å². The van der Waals surface area contributed by atoms with Gasteiger partial charge >= 0.3 is 0 Å². The molecular weight excluding hydrogens is 771 g/mol. The lowest BCUT2D eigenvalue weighted by atomic mass is 9.90. The van der Waals surface area contributed by atoms with Crippen molar-refractivity contribution in [3.8, 4) is 16.8 Å². The van der Waals surface area contributed by atoms with Crippen molar-refractivity contribution >= 4 is 89.0 Å². The second-order valence-corrected chi connectivity index (χ2v) is 16.1. The topological polar surface area (TPSA) is 55.9 Å². The minimum absolute atomic E-state index is 0.589. The minimum atomic E-state index is 0.589. The number of aromatic nitrogens is 1. The van der Waals surface area contributed by atoms with Crippen LogP contribution in [0.25, 0.3) is 93.8 Å². The SMILES string of the molecule is C=C(N=C(N=Cc1ccccc1)c1ccccc1)c1cc(C2=CCCC=C2)c(-n2c3ccccc3c3c4oc5cc6oc7ccccc7c6cc5c4ccc32)c(-c2ccccc2)c1. The van der Waals surface area contributed by atoms with E-state index in [1.54, 1.807) is 0 Å². The molecule has 0 aliphatic heterocycles. The zero-order valence-electron chi connectivity index (χ0n) is 34.3. The normalized spacial score (nSPS) is 13.4. The Morgan fingerprint density at radius 3 is 2.06 bits per heavy atom. The number of hydrogen-bond donors (Lipinski definition) is 0. The number of hydrogen-bond acceptors (Lipinski definition) is 3. The third-order valence-corrected chi connectivity index (χ3v) is 12.2. The van der Waals surface area contributed by atoms with Crippen molar-refractivity contribution in [2.75, 3.05) is 0 Å². The summed E-state index contributed by atoms with van der Waals surface area (Å²) in [7, 11) is 0. The van der Waals surface area contributed by atoms with Crippen molar-refractivity contribution in [1.29, 1.82) is 0 Å². The second kappa shape index (κ2) is 15.0. The molecule has 0 fully saturated rings. The summed E-state index contributed by atoms with van der Waals surface area (Å²) in [5.41, 5.74) is 14.4. The maximum absolute atomic E-state index is 6.93. The van der Waals surface area contributed by atoms with Gasteiger partial charge in [0.1, 0.15) is 22.3 Å². The summed E-state index contributed by atoms with van der Waals surface area (Å²) >= 11 is 0. The number of para-hydroxylation sites is 2. The quantitative estimate of drug-likeness (QED) is 0.119. The first-order valence-electron chi connectivity index (χ1n) is 21.4. The molecule has 0 saturated carbocycles. The molecule has 0 unspecified atom stereocenters. The third-order valence-electron chi connectivity index (χ3n) is 12.2. The number of fused-ring (bicyclic) bond motifs is 10. The van der Waals surface area contributed by atoms with Crippen LogP contribution in [-0.2, 0) is 0 Å².